The molecule has 0 spiro atoms. The molecule has 0 heterocycles. The van der Waals surface area contributed by atoms with Crippen LogP contribution in [0.15, 0.2) is 12.1 Å². The zero-order valence-electron chi connectivity index (χ0n) is 11.1. The largest absolute Gasteiger partial charge is 0.503 e. The number of benzene rings is 1. The Balaban J connectivity index is 2.48. The van der Waals surface area contributed by atoms with Crippen LogP contribution < -0.4 is 5.32 Å². The standard InChI is InChI=1S/C13H19F2NO3/c1-3-18-12(19-4-2)8-16-7-9-5-10(14)13(17)11(15)6-9/h5-6,12,16-17H,3-4,7-8H2,1-2H3. The molecule has 6 heteroatoms. The Morgan fingerprint density at radius 3 is 2.16 bits per heavy atom. The van der Waals surface area contributed by atoms with Gasteiger partial charge < -0.3 is 19.9 Å². The number of hydrogen-bond acceptors (Lipinski definition) is 4. The van der Waals surface area contributed by atoms with E-state index in [1.54, 1.807) is 0 Å². The van der Waals surface area contributed by atoms with Crippen LogP contribution in [0.5, 0.6) is 5.75 Å². The maximum atomic E-state index is 13.1. The quantitative estimate of drug-likeness (QED) is 0.714. The topological polar surface area (TPSA) is 50.7 Å². The van der Waals surface area contributed by atoms with Crippen LogP contribution >= 0.6 is 0 Å². The van der Waals surface area contributed by atoms with E-state index in [-0.39, 0.29) is 12.8 Å². The van der Waals surface area contributed by atoms with Crippen molar-refractivity contribution < 1.29 is 23.4 Å². The van der Waals surface area contributed by atoms with Crippen LogP contribution in [0.2, 0.25) is 0 Å². The van der Waals surface area contributed by atoms with E-state index in [0.717, 1.165) is 12.1 Å². The van der Waals surface area contributed by atoms with Crippen LogP contribution in [0, 0.1) is 11.6 Å². The minimum absolute atomic E-state index is 0.255. The van der Waals surface area contributed by atoms with E-state index >= 15 is 0 Å². The summed E-state index contributed by atoms with van der Waals surface area (Å²) >= 11 is 0. The van der Waals surface area contributed by atoms with Crippen molar-refractivity contribution in [2.75, 3.05) is 19.8 Å². The molecule has 1 aromatic rings. The summed E-state index contributed by atoms with van der Waals surface area (Å²) in [7, 11) is 0. The van der Waals surface area contributed by atoms with Gasteiger partial charge in [-0.2, -0.15) is 0 Å². The highest BCUT2D eigenvalue weighted by molar-refractivity contribution is 5.29. The monoisotopic (exact) mass is 275 g/mol. The van der Waals surface area contributed by atoms with E-state index in [4.69, 9.17) is 14.6 Å². The minimum atomic E-state index is -0.969. The van der Waals surface area contributed by atoms with Crippen molar-refractivity contribution in [3.8, 4) is 5.75 Å². The molecule has 0 atom stereocenters. The summed E-state index contributed by atoms with van der Waals surface area (Å²) in [5, 5.41) is 12.0. The van der Waals surface area contributed by atoms with E-state index < -0.39 is 17.4 Å². The van der Waals surface area contributed by atoms with E-state index in [2.05, 4.69) is 5.32 Å². The lowest BCUT2D eigenvalue weighted by Gasteiger charge is -2.17. The van der Waals surface area contributed by atoms with Gasteiger partial charge in [0.05, 0.1) is 0 Å². The van der Waals surface area contributed by atoms with Crippen molar-refractivity contribution in [3.63, 3.8) is 0 Å². The lowest BCUT2D eigenvalue weighted by Crippen LogP contribution is -2.31. The van der Waals surface area contributed by atoms with Crippen molar-refractivity contribution in [3.05, 3.63) is 29.3 Å². The molecule has 0 saturated carbocycles. The summed E-state index contributed by atoms with van der Waals surface area (Å²) in [5.74, 6) is -2.89. The van der Waals surface area contributed by atoms with Crippen molar-refractivity contribution >= 4 is 0 Å². The first-order valence-corrected chi connectivity index (χ1v) is 6.19. The Morgan fingerprint density at radius 1 is 1.16 bits per heavy atom. The molecule has 0 aliphatic rings. The highest BCUT2D eigenvalue weighted by atomic mass is 19.1. The highest BCUT2D eigenvalue weighted by Crippen LogP contribution is 2.21. The number of ether oxygens (including phenoxy) is 2. The summed E-state index contributed by atoms with van der Waals surface area (Å²) in [5.41, 5.74) is 0.402. The van der Waals surface area contributed by atoms with E-state index in [1.165, 1.54) is 0 Å². The van der Waals surface area contributed by atoms with Gasteiger partial charge in [-0.15, -0.1) is 0 Å². The molecule has 2 N–H and O–H groups in total. The van der Waals surface area contributed by atoms with Gasteiger partial charge in [0.15, 0.2) is 23.7 Å². The first-order valence-electron chi connectivity index (χ1n) is 6.19. The van der Waals surface area contributed by atoms with Crippen LogP contribution in [0.25, 0.3) is 0 Å². The van der Waals surface area contributed by atoms with Gasteiger partial charge in [0.2, 0.25) is 0 Å². The third kappa shape index (κ3) is 5.10. The third-order valence-electron chi connectivity index (χ3n) is 2.42. The second-order valence-electron chi connectivity index (χ2n) is 3.88. The van der Waals surface area contributed by atoms with Crippen molar-refractivity contribution in [2.45, 2.75) is 26.7 Å². The van der Waals surface area contributed by atoms with Gasteiger partial charge in [-0.3, -0.25) is 0 Å². The van der Waals surface area contributed by atoms with Gasteiger partial charge in [-0.1, -0.05) is 0 Å². The van der Waals surface area contributed by atoms with Crippen molar-refractivity contribution in [2.24, 2.45) is 0 Å². The Morgan fingerprint density at radius 2 is 1.68 bits per heavy atom. The molecule has 0 bridgehead atoms. The first-order chi connectivity index (χ1) is 9.08. The predicted molar refractivity (Wildman–Crippen MR) is 66.8 cm³/mol. The highest BCUT2D eigenvalue weighted by Gasteiger charge is 2.11. The number of nitrogens with one attached hydrogen (secondary N) is 1. The number of hydrogen-bond donors (Lipinski definition) is 2. The van der Waals surface area contributed by atoms with Crippen LogP contribution in [0.1, 0.15) is 19.4 Å². The Hall–Kier alpha value is -1.24. The second kappa shape index (κ2) is 8.04. The number of rotatable bonds is 8. The maximum Gasteiger partial charge on any atom is 0.187 e. The SMILES string of the molecule is CCOC(CNCc1cc(F)c(O)c(F)c1)OCC. The van der Waals surface area contributed by atoms with E-state index in [9.17, 15) is 8.78 Å². The summed E-state index contributed by atoms with van der Waals surface area (Å²) in [6, 6.07) is 2.17. The normalized spacial score (nSPS) is 11.2. The predicted octanol–water partition coefficient (Wildman–Crippen LogP) is 2.16. The lowest BCUT2D eigenvalue weighted by atomic mass is 10.2. The van der Waals surface area contributed by atoms with Crippen LogP contribution in [-0.4, -0.2) is 31.2 Å². The smallest absolute Gasteiger partial charge is 0.187 e. The third-order valence-corrected chi connectivity index (χ3v) is 2.42. The molecule has 19 heavy (non-hydrogen) atoms. The molecule has 0 radical (unpaired) electrons. The molecule has 0 aliphatic carbocycles. The molecule has 4 nitrogen and oxygen atoms in total. The molecule has 1 rings (SSSR count). The molecule has 108 valence electrons. The Bertz CT molecular complexity index is 372. The van der Waals surface area contributed by atoms with Crippen LogP contribution in [0.3, 0.4) is 0 Å². The molecule has 0 unspecified atom stereocenters. The molecule has 0 aliphatic heterocycles. The fourth-order valence-corrected chi connectivity index (χ4v) is 1.59. The second-order valence-corrected chi connectivity index (χ2v) is 3.88. The molecule has 0 amide bonds. The van der Waals surface area contributed by atoms with Crippen LogP contribution in [-0.2, 0) is 16.0 Å². The number of phenolic OH excluding ortho intramolecular Hbond substituents is 1. The van der Waals surface area contributed by atoms with Crippen LogP contribution in [0.4, 0.5) is 8.78 Å². The summed E-state index contributed by atoms with van der Waals surface area (Å²) < 4.78 is 36.8. The molecule has 0 saturated heterocycles. The summed E-state index contributed by atoms with van der Waals surface area (Å²) in [6.07, 6.45) is -0.387. The molecule has 0 aromatic heterocycles. The number of aromatic hydroxyl groups is 1. The Labute approximate surface area is 111 Å². The fourth-order valence-electron chi connectivity index (χ4n) is 1.59. The molecule has 0 fully saturated rings. The molecule has 1 aromatic carbocycles. The number of phenols is 1. The summed E-state index contributed by atoms with van der Waals surface area (Å²) in [4.78, 5) is 0. The maximum absolute atomic E-state index is 13.1. The first kappa shape index (κ1) is 15.8. The lowest BCUT2D eigenvalue weighted by molar-refractivity contribution is -0.133. The van der Waals surface area contributed by atoms with E-state index in [0.29, 0.717) is 25.3 Å². The van der Waals surface area contributed by atoms with Gasteiger partial charge in [0.1, 0.15) is 0 Å². The molecular formula is C13H19F2NO3. The zero-order chi connectivity index (χ0) is 14.3. The summed E-state index contributed by atoms with van der Waals surface area (Å²) in [6.45, 7) is 5.42. The Kier molecular flexibility index (Phi) is 6.69. The van der Waals surface area contributed by atoms with Gasteiger partial charge in [-0.05, 0) is 31.5 Å². The average Bonchev–Trinajstić information content (AvgIpc) is 2.36. The van der Waals surface area contributed by atoms with Gasteiger partial charge in [-0.25, -0.2) is 8.78 Å². The zero-order valence-corrected chi connectivity index (χ0v) is 11.1. The average molecular weight is 275 g/mol. The van der Waals surface area contributed by atoms with Gasteiger partial charge in [0.25, 0.3) is 0 Å². The fraction of sp³-hybridized carbons (Fsp3) is 0.538. The van der Waals surface area contributed by atoms with Gasteiger partial charge in [0, 0.05) is 26.3 Å². The minimum Gasteiger partial charge on any atom is -0.503 e. The molecular weight excluding hydrogens is 256 g/mol. The van der Waals surface area contributed by atoms with E-state index in [1.807, 2.05) is 13.8 Å². The van der Waals surface area contributed by atoms with Crippen molar-refractivity contribution in [1.82, 2.24) is 5.32 Å². The van der Waals surface area contributed by atoms with Gasteiger partial charge >= 0.3 is 0 Å². The number of halogens is 2. The van der Waals surface area contributed by atoms with Crippen molar-refractivity contribution in [1.29, 1.82) is 0 Å².